The molecule has 7 heteroatoms. The molecule has 2 rings (SSSR count). The molecule has 1 amide bonds. The van der Waals surface area contributed by atoms with Gasteiger partial charge in [0.25, 0.3) is 11.6 Å². The summed E-state index contributed by atoms with van der Waals surface area (Å²) in [7, 11) is 0. The molecule has 0 fully saturated rings. The molecule has 0 aliphatic carbocycles. The van der Waals surface area contributed by atoms with E-state index in [-0.39, 0.29) is 17.8 Å². The van der Waals surface area contributed by atoms with E-state index in [2.05, 4.69) is 5.32 Å². The van der Waals surface area contributed by atoms with Crippen LogP contribution in [0.4, 0.5) is 11.4 Å². The first kappa shape index (κ1) is 20.1. The largest absolute Gasteiger partial charge is 0.447 e. The van der Waals surface area contributed by atoms with Crippen molar-refractivity contribution in [1.29, 1.82) is 0 Å². The minimum Gasteiger partial charge on any atom is -0.447 e. The van der Waals surface area contributed by atoms with Crippen LogP contribution in [-0.4, -0.2) is 16.8 Å². The lowest BCUT2D eigenvalue weighted by Gasteiger charge is -2.18. The van der Waals surface area contributed by atoms with Crippen LogP contribution in [0.3, 0.4) is 0 Å². The lowest BCUT2D eigenvalue weighted by atomic mass is 10.1. The van der Waals surface area contributed by atoms with Gasteiger partial charge in [0.2, 0.25) is 6.10 Å². The number of hydrogen-bond acceptors (Lipinski definition) is 5. The van der Waals surface area contributed by atoms with E-state index in [0.29, 0.717) is 17.5 Å². The van der Waals surface area contributed by atoms with Crippen LogP contribution in [0.5, 0.6) is 0 Å². The van der Waals surface area contributed by atoms with Crippen LogP contribution in [0.15, 0.2) is 48.5 Å². The lowest BCUT2D eigenvalue weighted by Crippen LogP contribution is -2.26. The van der Waals surface area contributed by atoms with Gasteiger partial charge in [-0.05, 0) is 25.0 Å². The maximum absolute atomic E-state index is 12.8. The molecule has 2 aromatic rings. The van der Waals surface area contributed by atoms with Crippen LogP contribution < -0.4 is 5.32 Å². The molecule has 1 N–H and O–H groups in total. The minimum atomic E-state index is -1.18. The Morgan fingerprint density at radius 1 is 1.19 bits per heavy atom. The minimum absolute atomic E-state index is 0.0566. The third kappa shape index (κ3) is 5.64. The molecule has 2 aromatic carbocycles. The Morgan fingerprint density at radius 3 is 2.52 bits per heavy atom. The summed E-state index contributed by atoms with van der Waals surface area (Å²) in [6.45, 7) is 3.67. The second-order valence-electron chi connectivity index (χ2n) is 6.15. The number of ether oxygens (including phenoxy) is 1. The number of nitro benzene ring substituents is 1. The van der Waals surface area contributed by atoms with Gasteiger partial charge in [0.05, 0.1) is 4.92 Å². The number of unbranched alkanes of at least 4 members (excludes halogenated alkanes) is 1. The second kappa shape index (κ2) is 9.47. The van der Waals surface area contributed by atoms with E-state index >= 15 is 0 Å². The maximum atomic E-state index is 12.8. The maximum Gasteiger partial charge on any atom is 0.306 e. The van der Waals surface area contributed by atoms with E-state index in [1.807, 2.05) is 6.92 Å². The van der Waals surface area contributed by atoms with Crippen LogP contribution in [0, 0.1) is 17.0 Å². The summed E-state index contributed by atoms with van der Waals surface area (Å²) in [5.74, 6) is -1.13. The fourth-order valence-electron chi connectivity index (χ4n) is 2.51. The van der Waals surface area contributed by atoms with Gasteiger partial charge in [-0.15, -0.1) is 0 Å². The quantitative estimate of drug-likeness (QED) is 0.424. The summed E-state index contributed by atoms with van der Waals surface area (Å²) in [4.78, 5) is 35.5. The Hall–Kier alpha value is -3.22. The van der Waals surface area contributed by atoms with Crippen molar-refractivity contribution in [2.24, 2.45) is 0 Å². The Labute approximate surface area is 157 Å². The number of aryl methyl sites for hydroxylation is 1. The molecule has 0 aliphatic heterocycles. The molecule has 0 bridgehead atoms. The molecule has 0 spiro atoms. The summed E-state index contributed by atoms with van der Waals surface area (Å²) < 4.78 is 5.38. The Balaban J connectivity index is 2.26. The molecule has 142 valence electrons. The van der Waals surface area contributed by atoms with Crippen molar-refractivity contribution in [2.75, 3.05) is 5.32 Å². The van der Waals surface area contributed by atoms with Crippen molar-refractivity contribution < 1.29 is 19.2 Å². The first-order chi connectivity index (χ1) is 12.9. The number of hydrogen-bond donors (Lipinski definition) is 1. The number of nitro groups is 1. The molecule has 0 saturated heterocycles. The summed E-state index contributed by atoms with van der Waals surface area (Å²) in [5, 5.41) is 13.8. The smallest absolute Gasteiger partial charge is 0.306 e. The molecule has 0 heterocycles. The molecular weight excluding hydrogens is 348 g/mol. The Kier molecular flexibility index (Phi) is 7.05. The summed E-state index contributed by atoms with van der Waals surface area (Å²) in [5.41, 5.74) is 1.04. The van der Waals surface area contributed by atoms with Crippen LogP contribution in [0.25, 0.3) is 0 Å². The van der Waals surface area contributed by atoms with Crippen molar-refractivity contribution in [1.82, 2.24) is 0 Å². The van der Waals surface area contributed by atoms with E-state index in [1.165, 1.54) is 12.1 Å². The number of nitrogens with zero attached hydrogens (tertiary/aromatic N) is 1. The van der Waals surface area contributed by atoms with Gasteiger partial charge < -0.3 is 10.1 Å². The molecule has 0 radical (unpaired) electrons. The first-order valence-electron chi connectivity index (χ1n) is 8.72. The van der Waals surface area contributed by atoms with Crippen LogP contribution >= 0.6 is 0 Å². The van der Waals surface area contributed by atoms with Crippen LogP contribution in [0.2, 0.25) is 0 Å². The molecule has 0 aliphatic rings. The highest BCUT2D eigenvalue weighted by Crippen LogP contribution is 2.28. The summed E-state index contributed by atoms with van der Waals surface area (Å²) in [6.07, 6.45) is 0.507. The van der Waals surface area contributed by atoms with Gasteiger partial charge in [-0.25, -0.2) is 0 Å². The number of benzene rings is 2. The lowest BCUT2D eigenvalue weighted by molar-refractivity contribution is -0.384. The third-order valence-electron chi connectivity index (χ3n) is 3.93. The van der Waals surface area contributed by atoms with Gasteiger partial charge in [-0.3, -0.25) is 19.7 Å². The van der Waals surface area contributed by atoms with Gasteiger partial charge >= 0.3 is 5.97 Å². The number of carbonyl (C=O) groups is 2. The average Bonchev–Trinajstić information content (AvgIpc) is 2.66. The second-order valence-corrected chi connectivity index (χ2v) is 6.15. The highest BCUT2D eigenvalue weighted by molar-refractivity contribution is 5.97. The van der Waals surface area contributed by atoms with Crippen molar-refractivity contribution in [3.63, 3.8) is 0 Å². The Bertz CT molecular complexity index is 820. The number of anilines is 1. The molecule has 7 nitrogen and oxygen atoms in total. The van der Waals surface area contributed by atoms with Gasteiger partial charge in [0, 0.05) is 18.1 Å². The van der Waals surface area contributed by atoms with E-state index in [9.17, 15) is 19.7 Å². The van der Waals surface area contributed by atoms with Gasteiger partial charge in [-0.2, -0.15) is 0 Å². The Morgan fingerprint density at radius 2 is 1.89 bits per heavy atom. The number of esters is 1. The van der Waals surface area contributed by atoms with Gasteiger partial charge in [0.15, 0.2) is 0 Å². The number of rotatable bonds is 8. The van der Waals surface area contributed by atoms with Crippen molar-refractivity contribution in [3.05, 3.63) is 69.8 Å². The first-order valence-corrected chi connectivity index (χ1v) is 8.72. The predicted octanol–water partition coefficient (Wildman–Crippen LogP) is 4.32. The van der Waals surface area contributed by atoms with Gasteiger partial charge in [0.1, 0.15) is 5.69 Å². The molecular formula is C20H22N2O5. The zero-order valence-corrected chi connectivity index (χ0v) is 15.3. The fraction of sp³-hybridized carbons (Fsp3) is 0.300. The summed E-state index contributed by atoms with van der Waals surface area (Å²) in [6, 6.07) is 13.1. The molecule has 0 aromatic heterocycles. The monoisotopic (exact) mass is 370 g/mol. The average molecular weight is 370 g/mol. The van der Waals surface area contributed by atoms with Crippen molar-refractivity contribution in [3.8, 4) is 0 Å². The van der Waals surface area contributed by atoms with E-state index < -0.39 is 22.9 Å². The predicted molar refractivity (Wildman–Crippen MR) is 101 cm³/mol. The summed E-state index contributed by atoms with van der Waals surface area (Å²) >= 11 is 0. The van der Waals surface area contributed by atoms with Gasteiger partial charge in [-0.1, -0.05) is 49.7 Å². The number of amides is 1. The van der Waals surface area contributed by atoms with Crippen LogP contribution in [0.1, 0.15) is 43.4 Å². The van der Waals surface area contributed by atoms with Crippen molar-refractivity contribution in [2.45, 2.75) is 39.2 Å². The zero-order chi connectivity index (χ0) is 19.8. The van der Waals surface area contributed by atoms with Crippen molar-refractivity contribution >= 4 is 23.3 Å². The third-order valence-corrected chi connectivity index (χ3v) is 3.93. The topological polar surface area (TPSA) is 98.5 Å². The zero-order valence-electron chi connectivity index (χ0n) is 15.3. The number of carbonyl (C=O) groups excluding carboxylic acids is 2. The SMILES string of the molecule is CCCCC(=O)O[C@@H](C(=O)Nc1ccc(C)cc1[N+](=O)[O-])c1ccccc1. The molecule has 27 heavy (non-hydrogen) atoms. The molecule has 0 unspecified atom stereocenters. The standard InChI is InChI=1S/C20H22N2O5/c1-3-4-10-18(23)27-19(15-8-6-5-7-9-15)20(24)21-16-12-11-14(2)13-17(16)22(25)26/h5-9,11-13,19H,3-4,10H2,1-2H3,(H,21,24)/t19-/m1/s1. The fourth-order valence-corrected chi connectivity index (χ4v) is 2.51. The normalized spacial score (nSPS) is 11.5. The van der Waals surface area contributed by atoms with E-state index in [1.54, 1.807) is 43.3 Å². The highest BCUT2D eigenvalue weighted by Gasteiger charge is 2.27. The van der Waals surface area contributed by atoms with E-state index in [4.69, 9.17) is 4.74 Å². The molecule has 1 atom stereocenters. The molecule has 0 saturated carbocycles. The van der Waals surface area contributed by atoms with E-state index in [0.717, 1.165) is 6.42 Å². The highest BCUT2D eigenvalue weighted by atomic mass is 16.6. The van der Waals surface area contributed by atoms with Crippen LogP contribution in [-0.2, 0) is 14.3 Å². The number of nitrogens with one attached hydrogen (secondary N) is 1.